The molecule has 10 heteroatoms. The van der Waals surface area contributed by atoms with E-state index in [-0.39, 0.29) is 27.9 Å². The van der Waals surface area contributed by atoms with Crippen molar-refractivity contribution in [1.29, 1.82) is 0 Å². The third-order valence-corrected chi connectivity index (χ3v) is 8.06. The van der Waals surface area contributed by atoms with Gasteiger partial charge in [0.2, 0.25) is 0 Å². The number of nitrogens with zero attached hydrogens (tertiary/aromatic N) is 2. The van der Waals surface area contributed by atoms with Gasteiger partial charge in [0, 0.05) is 5.56 Å². The van der Waals surface area contributed by atoms with Gasteiger partial charge in [0.05, 0.1) is 30.5 Å². The highest BCUT2D eigenvalue weighted by Gasteiger charge is 2.48. The number of hydrogen-bond donors (Lipinski definition) is 1. The summed E-state index contributed by atoms with van der Waals surface area (Å²) in [4.78, 5) is 45.9. The minimum absolute atomic E-state index is 0.122. The molecule has 0 radical (unpaired) electrons. The molecule has 0 bridgehead atoms. The molecular weight excluding hydrogens is 580 g/mol. The first-order valence-corrected chi connectivity index (χ1v) is 15.2. The number of unbranched alkanes of at least 4 members (excludes halogenated alkanes) is 1. The van der Waals surface area contributed by atoms with Crippen LogP contribution >= 0.6 is 11.3 Å². The lowest BCUT2D eigenvalue weighted by Gasteiger charge is -2.23. The van der Waals surface area contributed by atoms with Gasteiger partial charge in [-0.1, -0.05) is 67.1 Å². The predicted molar refractivity (Wildman–Crippen MR) is 167 cm³/mol. The van der Waals surface area contributed by atoms with Gasteiger partial charge >= 0.3 is 11.9 Å². The lowest BCUT2D eigenvalue weighted by atomic mass is 9.95. The van der Waals surface area contributed by atoms with E-state index >= 15 is 0 Å². The van der Waals surface area contributed by atoms with E-state index in [0.29, 0.717) is 40.7 Å². The summed E-state index contributed by atoms with van der Waals surface area (Å²) in [7, 11) is 0. The van der Waals surface area contributed by atoms with Gasteiger partial charge in [-0.25, -0.2) is 9.78 Å². The second-order valence-corrected chi connectivity index (χ2v) is 11.0. The second-order valence-electron chi connectivity index (χ2n) is 10.0. The van der Waals surface area contributed by atoms with Crippen LogP contribution < -0.4 is 14.4 Å². The minimum Gasteiger partial charge on any atom is -0.507 e. The smallest absolute Gasteiger partial charge is 0.350 e. The van der Waals surface area contributed by atoms with E-state index in [1.54, 1.807) is 62.4 Å². The zero-order valence-electron chi connectivity index (χ0n) is 24.6. The van der Waals surface area contributed by atoms with Crippen LogP contribution in [0, 0.1) is 6.92 Å². The molecule has 9 nitrogen and oxygen atoms in total. The number of aliphatic hydroxyl groups excluding tert-OH is 1. The maximum Gasteiger partial charge on any atom is 0.350 e. The molecule has 1 unspecified atom stereocenters. The van der Waals surface area contributed by atoms with E-state index < -0.39 is 23.7 Å². The van der Waals surface area contributed by atoms with E-state index in [1.807, 2.05) is 30.3 Å². The zero-order valence-corrected chi connectivity index (χ0v) is 25.4. The Balaban J connectivity index is 1.63. The summed E-state index contributed by atoms with van der Waals surface area (Å²) in [5.74, 6) is -1.09. The van der Waals surface area contributed by atoms with Crippen molar-refractivity contribution in [2.24, 2.45) is 0 Å². The molecule has 3 aromatic carbocycles. The van der Waals surface area contributed by atoms with Crippen molar-refractivity contribution in [2.45, 2.75) is 39.7 Å². The quantitative estimate of drug-likeness (QED) is 0.0620. The molecule has 1 aromatic heterocycles. The van der Waals surface area contributed by atoms with E-state index in [0.717, 1.165) is 24.2 Å². The van der Waals surface area contributed by atoms with Crippen molar-refractivity contribution in [3.63, 3.8) is 0 Å². The maximum absolute atomic E-state index is 13.7. The Labute approximate surface area is 259 Å². The fourth-order valence-corrected chi connectivity index (χ4v) is 5.80. The number of ketones is 1. The lowest BCUT2D eigenvalue weighted by Crippen LogP contribution is -2.29. The Morgan fingerprint density at radius 3 is 2.43 bits per heavy atom. The summed E-state index contributed by atoms with van der Waals surface area (Å²) in [6.45, 7) is 6.07. The van der Waals surface area contributed by atoms with Crippen LogP contribution in [0.1, 0.15) is 59.2 Å². The molecule has 2 heterocycles. The molecule has 1 fully saturated rings. The number of carbonyl (C=O) groups is 3. The predicted octanol–water partition coefficient (Wildman–Crippen LogP) is 7.23. The first-order valence-electron chi connectivity index (χ1n) is 14.3. The number of thiazole rings is 1. The van der Waals surface area contributed by atoms with Gasteiger partial charge in [-0.3, -0.25) is 14.5 Å². The topological polar surface area (TPSA) is 115 Å². The monoisotopic (exact) mass is 612 g/mol. The number of benzene rings is 3. The Kier molecular flexibility index (Phi) is 9.40. The van der Waals surface area contributed by atoms with Crippen LogP contribution in [0.2, 0.25) is 0 Å². The van der Waals surface area contributed by atoms with Crippen molar-refractivity contribution >= 4 is 39.9 Å². The number of esters is 1. The van der Waals surface area contributed by atoms with E-state index in [9.17, 15) is 19.5 Å². The number of aromatic nitrogens is 1. The van der Waals surface area contributed by atoms with Gasteiger partial charge in [-0.15, -0.1) is 0 Å². The molecule has 5 rings (SSSR count). The standard InChI is InChI=1S/C34H32N2O7S/c1-4-6-18-42-25-16-11-13-23(20-25)29(37)27-28(22-12-10-17-26(19-22)43-24-14-8-7-9-15-24)36(32(39)30(27)38)34-35-21(3)31(44-34)33(40)41-5-2/h7-17,19-20,28,37H,4-6,18H2,1-3H3. The first-order chi connectivity index (χ1) is 21.3. The van der Waals surface area contributed by atoms with Crippen molar-refractivity contribution in [2.75, 3.05) is 18.1 Å². The number of amides is 1. The van der Waals surface area contributed by atoms with Gasteiger partial charge in [-0.05, 0) is 62.2 Å². The molecule has 0 aliphatic carbocycles. The van der Waals surface area contributed by atoms with Crippen LogP contribution in [0.15, 0.2) is 84.4 Å². The molecule has 226 valence electrons. The molecule has 4 aromatic rings. The average Bonchev–Trinajstić information content (AvgIpc) is 3.54. The summed E-state index contributed by atoms with van der Waals surface area (Å²) in [6, 6.07) is 21.8. The Hall–Kier alpha value is -4.96. The highest BCUT2D eigenvalue weighted by Crippen LogP contribution is 2.45. The molecule has 1 amide bonds. The molecule has 0 spiro atoms. The number of anilines is 1. The largest absolute Gasteiger partial charge is 0.507 e. The van der Waals surface area contributed by atoms with Crippen molar-refractivity contribution in [1.82, 2.24) is 4.98 Å². The molecule has 1 aliphatic rings. The Bertz CT molecular complexity index is 1710. The highest BCUT2D eigenvalue weighted by molar-refractivity contribution is 7.17. The molecule has 44 heavy (non-hydrogen) atoms. The number of Topliss-reactive ketones (excluding diaryl/α,β-unsaturated/α-hetero) is 1. The third kappa shape index (κ3) is 6.35. The number of para-hydroxylation sites is 1. The molecule has 1 saturated heterocycles. The summed E-state index contributed by atoms with van der Waals surface area (Å²) in [5, 5.41) is 11.8. The van der Waals surface area contributed by atoms with Crippen molar-refractivity contribution in [3.05, 3.63) is 106 Å². The van der Waals surface area contributed by atoms with Gasteiger partial charge in [0.1, 0.15) is 27.9 Å². The van der Waals surface area contributed by atoms with Crippen LogP contribution in [0.4, 0.5) is 5.13 Å². The van der Waals surface area contributed by atoms with Crippen LogP contribution in [0.3, 0.4) is 0 Å². The molecule has 1 aliphatic heterocycles. The fraction of sp³-hybridized carbons (Fsp3) is 0.235. The van der Waals surface area contributed by atoms with E-state index in [2.05, 4.69) is 11.9 Å². The zero-order chi connectivity index (χ0) is 31.2. The SMILES string of the molecule is CCCCOc1cccc(C(O)=C2C(=O)C(=O)N(c3nc(C)c(C(=O)OCC)s3)C2c2cccc(Oc3ccccc3)c2)c1. The lowest BCUT2D eigenvalue weighted by molar-refractivity contribution is -0.132. The summed E-state index contributed by atoms with van der Waals surface area (Å²) in [5.41, 5.74) is 1.06. The normalized spacial score (nSPS) is 15.8. The Morgan fingerprint density at radius 2 is 1.68 bits per heavy atom. The number of carbonyl (C=O) groups excluding carboxylic acids is 3. The first kappa shape index (κ1) is 30.5. The summed E-state index contributed by atoms with van der Waals surface area (Å²) < 4.78 is 17.0. The minimum atomic E-state index is -1.07. The average molecular weight is 613 g/mol. The van der Waals surface area contributed by atoms with Crippen LogP contribution in [0.5, 0.6) is 17.2 Å². The molecule has 1 N–H and O–H groups in total. The van der Waals surface area contributed by atoms with Crippen LogP contribution in [-0.4, -0.2) is 41.0 Å². The summed E-state index contributed by atoms with van der Waals surface area (Å²) in [6.07, 6.45) is 1.83. The van der Waals surface area contributed by atoms with Crippen molar-refractivity contribution < 1.29 is 33.7 Å². The van der Waals surface area contributed by atoms with Gasteiger partial charge in [0.15, 0.2) is 5.13 Å². The molecular formula is C34H32N2O7S. The van der Waals surface area contributed by atoms with E-state index in [4.69, 9.17) is 14.2 Å². The highest BCUT2D eigenvalue weighted by atomic mass is 32.1. The van der Waals surface area contributed by atoms with Gasteiger partial charge < -0.3 is 19.3 Å². The Morgan fingerprint density at radius 1 is 0.955 bits per heavy atom. The number of rotatable bonds is 11. The third-order valence-electron chi connectivity index (χ3n) is 6.92. The number of ether oxygens (including phenoxy) is 3. The summed E-state index contributed by atoms with van der Waals surface area (Å²) >= 11 is 0.951. The fourth-order valence-electron chi connectivity index (χ4n) is 4.81. The van der Waals surface area contributed by atoms with E-state index in [1.165, 1.54) is 4.90 Å². The number of hydrogen-bond acceptors (Lipinski definition) is 9. The van der Waals surface area contributed by atoms with Crippen molar-refractivity contribution in [3.8, 4) is 17.2 Å². The second kappa shape index (κ2) is 13.6. The molecule has 1 atom stereocenters. The maximum atomic E-state index is 13.7. The number of aliphatic hydroxyl groups is 1. The van der Waals surface area contributed by atoms with Gasteiger partial charge in [0.25, 0.3) is 5.78 Å². The van der Waals surface area contributed by atoms with Gasteiger partial charge in [-0.2, -0.15) is 0 Å². The van der Waals surface area contributed by atoms with Crippen LogP contribution in [-0.2, 0) is 14.3 Å². The van der Waals surface area contributed by atoms with Crippen LogP contribution in [0.25, 0.3) is 5.76 Å². The number of aryl methyl sites for hydroxylation is 1. The molecule has 0 saturated carbocycles.